The Labute approximate surface area is 112 Å². The van der Waals surface area contributed by atoms with Gasteiger partial charge in [0.2, 0.25) is 0 Å². The Balaban J connectivity index is 2.34. The Bertz CT molecular complexity index is 725. The van der Waals surface area contributed by atoms with Crippen molar-refractivity contribution in [3.8, 4) is 5.69 Å². The lowest BCUT2D eigenvalue weighted by Gasteiger charge is -2.08. The molecule has 2 nitrogen and oxygen atoms in total. The zero-order valence-corrected chi connectivity index (χ0v) is 11.2. The largest absolute Gasteiger partial charge is 0.389 e. The molecule has 1 atom stereocenters. The predicted octanol–water partition coefficient (Wildman–Crippen LogP) is 3.99. The van der Waals surface area contributed by atoms with Gasteiger partial charge in [-0.3, -0.25) is 0 Å². The smallest absolute Gasteiger partial charge is 0.0782 e. The van der Waals surface area contributed by atoms with E-state index in [0.717, 1.165) is 22.2 Å². The maximum absolute atomic E-state index is 9.94. The Kier molecular flexibility index (Phi) is 2.88. The summed E-state index contributed by atoms with van der Waals surface area (Å²) < 4.78 is 2.16. The number of hydrogen-bond donors (Lipinski definition) is 1. The van der Waals surface area contributed by atoms with Gasteiger partial charge in [0.05, 0.1) is 11.6 Å². The van der Waals surface area contributed by atoms with Crippen LogP contribution in [0, 0.1) is 6.92 Å². The number of fused-ring (bicyclic) bond motifs is 1. The summed E-state index contributed by atoms with van der Waals surface area (Å²) in [6.45, 7) is 3.91. The topological polar surface area (TPSA) is 25.2 Å². The van der Waals surface area contributed by atoms with Gasteiger partial charge in [-0.25, -0.2) is 0 Å². The van der Waals surface area contributed by atoms with Crippen LogP contribution in [0.25, 0.3) is 16.6 Å². The van der Waals surface area contributed by atoms with Crippen molar-refractivity contribution in [3.63, 3.8) is 0 Å². The van der Waals surface area contributed by atoms with Crippen LogP contribution >= 0.6 is 0 Å². The summed E-state index contributed by atoms with van der Waals surface area (Å²) in [4.78, 5) is 0. The van der Waals surface area contributed by atoms with Crippen LogP contribution in [0.2, 0.25) is 0 Å². The molecule has 0 aliphatic rings. The van der Waals surface area contributed by atoms with E-state index in [2.05, 4.69) is 35.8 Å². The van der Waals surface area contributed by atoms with Gasteiger partial charge in [0.15, 0.2) is 0 Å². The lowest BCUT2D eigenvalue weighted by Crippen LogP contribution is -1.95. The Morgan fingerprint density at radius 3 is 2.42 bits per heavy atom. The van der Waals surface area contributed by atoms with Crippen LogP contribution in [0.1, 0.15) is 24.2 Å². The van der Waals surface area contributed by atoms with Crippen molar-refractivity contribution < 1.29 is 5.11 Å². The van der Waals surface area contributed by atoms with E-state index in [1.54, 1.807) is 0 Å². The molecule has 0 aliphatic heterocycles. The first-order valence-corrected chi connectivity index (χ1v) is 6.52. The predicted molar refractivity (Wildman–Crippen MR) is 78.6 cm³/mol. The number of nitrogens with zero attached hydrogens (tertiary/aromatic N) is 1. The van der Waals surface area contributed by atoms with Crippen molar-refractivity contribution in [3.05, 3.63) is 65.9 Å². The molecule has 1 heterocycles. The molecule has 1 aromatic heterocycles. The summed E-state index contributed by atoms with van der Waals surface area (Å²) in [5.41, 5.74) is 4.48. The number of aromatic nitrogens is 1. The summed E-state index contributed by atoms with van der Waals surface area (Å²) in [5, 5.41) is 11.0. The average Bonchev–Trinajstić information content (AvgIpc) is 2.79. The molecule has 96 valence electrons. The van der Waals surface area contributed by atoms with Gasteiger partial charge in [-0.15, -0.1) is 0 Å². The third kappa shape index (κ3) is 1.94. The molecule has 2 aromatic carbocycles. The van der Waals surface area contributed by atoms with Gasteiger partial charge in [-0.1, -0.05) is 36.4 Å². The van der Waals surface area contributed by atoms with Crippen LogP contribution in [0.3, 0.4) is 0 Å². The highest BCUT2D eigenvalue weighted by Crippen LogP contribution is 2.29. The molecule has 0 saturated carbocycles. The monoisotopic (exact) mass is 251 g/mol. The molecule has 0 amide bonds. The highest BCUT2D eigenvalue weighted by atomic mass is 16.3. The first-order chi connectivity index (χ1) is 9.18. The van der Waals surface area contributed by atoms with E-state index in [1.165, 1.54) is 5.56 Å². The van der Waals surface area contributed by atoms with Crippen molar-refractivity contribution in [2.24, 2.45) is 0 Å². The van der Waals surface area contributed by atoms with Crippen LogP contribution < -0.4 is 0 Å². The number of aryl methyl sites for hydroxylation is 1. The normalized spacial score (nSPS) is 12.8. The number of hydrogen-bond acceptors (Lipinski definition) is 1. The van der Waals surface area contributed by atoms with Crippen molar-refractivity contribution in [1.29, 1.82) is 0 Å². The summed E-state index contributed by atoms with van der Waals surface area (Å²) >= 11 is 0. The second kappa shape index (κ2) is 4.56. The van der Waals surface area contributed by atoms with Gasteiger partial charge >= 0.3 is 0 Å². The molecule has 0 bridgehead atoms. The van der Waals surface area contributed by atoms with Crippen molar-refractivity contribution in [2.45, 2.75) is 20.0 Å². The Hall–Kier alpha value is -2.06. The van der Waals surface area contributed by atoms with E-state index in [1.807, 2.05) is 37.4 Å². The number of aliphatic hydroxyl groups is 1. The molecular weight excluding hydrogens is 234 g/mol. The first-order valence-electron chi connectivity index (χ1n) is 6.52. The standard InChI is InChI=1S/C17H17NO/c1-12-7-3-5-9-16(12)18-11-15(13(2)19)14-8-4-6-10-17(14)18/h3-11,13,19H,1-2H3. The molecule has 0 aliphatic carbocycles. The van der Waals surface area contributed by atoms with Gasteiger partial charge in [-0.2, -0.15) is 0 Å². The van der Waals surface area contributed by atoms with Crippen molar-refractivity contribution in [2.75, 3.05) is 0 Å². The van der Waals surface area contributed by atoms with Gasteiger partial charge in [0.25, 0.3) is 0 Å². The van der Waals surface area contributed by atoms with Crippen LogP contribution in [0.5, 0.6) is 0 Å². The van der Waals surface area contributed by atoms with Crippen molar-refractivity contribution >= 4 is 10.9 Å². The van der Waals surface area contributed by atoms with Gasteiger partial charge in [0, 0.05) is 22.8 Å². The molecule has 3 rings (SSSR count). The molecule has 19 heavy (non-hydrogen) atoms. The fraction of sp³-hybridized carbons (Fsp3) is 0.176. The zero-order chi connectivity index (χ0) is 13.4. The lowest BCUT2D eigenvalue weighted by atomic mass is 10.1. The van der Waals surface area contributed by atoms with Gasteiger partial charge in [0.1, 0.15) is 0 Å². The van der Waals surface area contributed by atoms with Crippen LogP contribution in [-0.4, -0.2) is 9.67 Å². The number of aliphatic hydroxyl groups excluding tert-OH is 1. The number of benzene rings is 2. The molecule has 1 unspecified atom stereocenters. The summed E-state index contributed by atoms with van der Waals surface area (Å²) in [5.74, 6) is 0. The quantitative estimate of drug-likeness (QED) is 0.732. The molecule has 0 saturated heterocycles. The van der Waals surface area contributed by atoms with E-state index in [9.17, 15) is 5.11 Å². The maximum Gasteiger partial charge on any atom is 0.0782 e. The molecule has 2 heteroatoms. The second-order valence-corrected chi connectivity index (χ2v) is 4.93. The summed E-state index contributed by atoms with van der Waals surface area (Å²) in [6, 6.07) is 16.5. The number of rotatable bonds is 2. The minimum atomic E-state index is -0.463. The zero-order valence-electron chi connectivity index (χ0n) is 11.2. The maximum atomic E-state index is 9.94. The molecule has 1 N–H and O–H groups in total. The molecular formula is C17H17NO. The van der Waals surface area contributed by atoms with Crippen LogP contribution in [0.15, 0.2) is 54.7 Å². The van der Waals surface area contributed by atoms with Gasteiger partial charge in [-0.05, 0) is 31.5 Å². The third-order valence-corrected chi connectivity index (χ3v) is 3.57. The van der Waals surface area contributed by atoms with Gasteiger partial charge < -0.3 is 9.67 Å². The lowest BCUT2D eigenvalue weighted by molar-refractivity contribution is 0.201. The third-order valence-electron chi connectivity index (χ3n) is 3.57. The molecule has 0 spiro atoms. The second-order valence-electron chi connectivity index (χ2n) is 4.93. The fourth-order valence-corrected chi connectivity index (χ4v) is 2.57. The van der Waals surface area contributed by atoms with E-state index < -0.39 is 6.10 Å². The van der Waals surface area contributed by atoms with E-state index in [0.29, 0.717) is 0 Å². The fourth-order valence-electron chi connectivity index (χ4n) is 2.57. The van der Waals surface area contributed by atoms with E-state index >= 15 is 0 Å². The average molecular weight is 251 g/mol. The molecule has 0 radical (unpaired) electrons. The highest BCUT2D eigenvalue weighted by Gasteiger charge is 2.13. The summed E-state index contributed by atoms with van der Waals surface area (Å²) in [7, 11) is 0. The minimum absolute atomic E-state index is 0.463. The Morgan fingerprint density at radius 1 is 1.00 bits per heavy atom. The van der Waals surface area contributed by atoms with E-state index in [-0.39, 0.29) is 0 Å². The van der Waals surface area contributed by atoms with E-state index in [4.69, 9.17) is 0 Å². The minimum Gasteiger partial charge on any atom is -0.389 e. The molecule has 3 aromatic rings. The highest BCUT2D eigenvalue weighted by molar-refractivity contribution is 5.86. The summed E-state index contributed by atoms with van der Waals surface area (Å²) in [6.07, 6.45) is 1.58. The van der Waals surface area contributed by atoms with Crippen LogP contribution in [-0.2, 0) is 0 Å². The first kappa shape index (κ1) is 12.0. The van der Waals surface area contributed by atoms with Crippen LogP contribution in [0.4, 0.5) is 0 Å². The molecule has 0 fully saturated rings. The SMILES string of the molecule is Cc1ccccc1-n1cc(C(C)O)c2ccccc21. The van der Waals surface area contributed by atoms with Crippen molar-refractivity contribution in [1.82, 2.24) is 4.57 Å². The number of para-hydroxylation sites is 2. The Morgan fingerprint density at radius 2 is 1.68 bits per heavy atom.